The molecule has 3 N–H and O–H groups in total. The largest absolute Gasteiger partial charge is 0.573 e. The Kier molecular flexibility index (Phi) is 11.6. The van der Waals surface area contributed by atoms with Gasteiger partial charge in [-0.3, -0.25) is 0 Å². The van der Waals surface area contributed by atoms with Crippen LogP contribution in [0.25, 0.3) is 0 Å². The molecule has 0 bridgehead atoms. The summed E-state index contributed by atoms with van der Waals surface area (Å²) < 4.78 is 40.6. The molecule has 0 aliphatic rings. The van der Waals surface area contributed by atoms with Crippen molar-refractivity contribution in [3.63, 3.8) is 0 Å². The van der Waals surface area contributed by atoms with Gasteiger partial charge in [0.05, 0.1) is 12.2 Å². The van der Waals surface area contributed by atoms with Crippen LogP contribution in [0, 0.1) is 19.8 Å². The van der Waals surface area contributed by atoms with Gasteiger partial charge in [0.1, 0.15) is 10.8 Å². The fraction of sp³-hybridized carbons (Fsp3) is 0.500. The number of rotatable bonds is 9. The summed E-state index contributed by atoms with van der Waals surface area (Å²) in [7, 11) is 0. The summed E-state index contributed by atoms with van der Waals surface area (Å²) in [5.74, 6) is 0.224. The second-order valence-corrected chi connectivity index (χ2v) is 8.06. The number of aliphatic hydroxyl groups excluding tert-OH is 1. The smallest absolute Gasteiger partial charge is 0.406 e. The highest BCUT2D eigenvalue weighted by Crippen LogP contribution is 2.23. The number of hydrogen-bond acceptors (Lipinski definition) is 5. The summed E-state index contributed by atoms with van der Waals surface area (Å²) in [4.78, 5) is 10.2. The van der Waals surface area contributed by atoms with Gasteiger partial charge in [-0.15, -0.1) is 48.5 Å². The number of benzene rings is 1. The lowest BCUT2D eigenvalue weighted by Crippen LogP contribution is -2.40. The molecule has 6 nitrogen and oxygen atoms in total. The lowest BCUT2D eigenvalue weighted by atomic mass is 10.00. The zero-order valence-electron chi connectivity index (χ0n) is 17.6. The van der Waals surface area contributed by atoms with E-state index < -0.39 is 6.36 Å². The lowest BCUT2D eigenvalue weighted by molar-refractivity contribution is -0.274. The maximum Gasteiger partial charge on any atom is 0.573 e. The topological polar surface area (TPSA) is 78.8 Å². The standard InChI is InChI=1S/C20H27F3N4O2S.HI/c1-4-24-19(26-11-18-27-13(2)14(3)30-18)25-10-16(12-28)9-15-5-7-17(8-6-15)29-20(21,22)23;/h5-8,16,28H,4,9-12H2,1-3H3,(H2,24,25,26);1H. The molecule has 2 rings (SSSR count). The van der Waals surface area contributed by atoms with Gasteiger partial charge in [0.2, 0.25) is 0 Å². The molecule has 31 heavy (non-hydrogen) atoms. The molecule has 0 saturated heterocycles. The number of thiazole rings is 1. The molecule has 0 aliphatic heterocycles. The minimum absolute atomic E-state index is 0. The first-order valence-corrected chi connectivity index (χ1v) is 10.4. The summed E-state index contributed by atoms with van der Waals surface area (Å²) in [5, 5.41) is 17.0. The highest BCUT2D eigenvalue weighted by molar-refractivity contribution is 14.0. The second-order valence-electron chi connectivity index (χ2n) is 6.77. The van der Waals surface area contributed by atoms with E-state index in [0.717, 1.165) is 16.3 Å². The SMILES string of the molecule is CCNC(=NCc1nc(C)c(C)s1)NCC(CO)Cc1ccc(OC(F)(F)F)cc1.I. The molecule has 0 amide bonds. The molecule has 1 unspecified atom stereocenters. The third-order valence-electron chi connectivity index (χ3n) is 4.29. The molecule has 1 aromatic heterocycles. The van der Waals surface area contributed by atoms with Gasteiger partial charge in [-0.25, -0.2) is 9.98 Å². The Hall–Kier alpha value is -1.60. The predicted octanol–water partition coefficient (Wildman–Crippen LogP) is 4.18. The third kappa shape index (κ3) is 10.0. The number of nitrogens with zero attached hydrogens (tertiary/aromatic N) is 2. The van der Waals surface area contributed by atoms with E-state index in [-0.39, 0.29) is 42.3 Å². The Morgan fingerprint density at radius 3 is 2.42 bits per heavy atom. The van der Waals surface area contributed by atoms with E-state index in [9.17, 15) is 18.3 Å². The van der Waals surface area contributed by atoms with Crippen LogP contribution in [0.5, 0.6) is 5.75 Å². The molecule has 174 valence electrons. The summed E-state index contributed by atoms with van der Waals surface area (Å²) in [6.07, 6.45) is -4.21. The van der Waals surface area contributed by atoms with Gasteiger partial charge in [0.15, 0.2) is 5.96 Å². The Labute approximate surface area is 201 Å². The molecule has 0 saturated carbocycles. The van der Waals surface area contributed by atoms with Crippen LogP contribution in [0.15, 0.2) is 29.3 Å². The average molecular weight is 572 g/mol. The van der Waals surface area contributed by atoms with Crippen LogP contribution in [-0.2, 0) is 13.0 Å². The van der Waals surface area contributed by atoms with E-state index in [2.05, 4.69) is 25.3 Å². The van der Waals surface area contributed by atoms with Gasteiger partial charge < -0.3 is 20.5 Å². The van der Waals surface area contributed by atoms with E-state index in [1.807, 2.05) is 20.8 Å². The number of alkyl halides is 3. The summed E-state index contributed by atoms with van der Waals surface area (Å²) in [6.45, 7) is 7.49. The van der Waals surface area contributed by atoms with Gasteiger partial charge in [-0.1, -0.05) is 12.1 Å². The molecule has 1 heterocycles. The Balaban J connectivity index is 0.00000480. The van der Waals surface area contributed by atoms with Crippen molar-refractivity contribution in [2.45, 2.75) is 40.1 Å². The number of aliphatic hydroxyl groups is 1. The monoisotopic (exact) mass is 572 g/mol. The van der Waals surface area contributed by atoms with Crippen molar-refractivity contribution in [3.8, 4) is 5.75 Å². The van der Waals surface area contributed by atoms with Crippen LogP contribution < -0.4 is 15.4 Å². The van der Waals surface area contributed by atoms with Crippen LogP contribution in [-0.4, -0.2) is 42.1 Å². The minimum Gasteiger partial charge on any atom is -0.406 e. The maximum atomic E-state index is 12.3. The Morgan fingerprint density at radius 1 is 1.23 bits per heavy atom. The van der Waals surface area contributed by atoms with Crippen molar-refractivity contribution in [3.05, 3.63) is 45.4 Å². The Bertz CT molecular complexity index is 809. The number of hydrogen-bond donors (Lipinski definition) is 3. The van der Waals surface area contributed by atoms with Crippen molar-refractivity contribution in [2.24, 2.45) is 10.9 Å². The summed E-state index contributed by atoms with van der Waals surface area (Å²) >= 11 is 1.62. The minimum atomic E-state index is -4.71. The molecule has 0 aliphatic carbocycles. The zero-order chi connectivity index (χ0) is 22.1. The predicted molar refractivity (Wildman–Crippen MR) is 127 cm³/mol. The maximum absolute atomic E-state index is 12.3. The fourth-order valence-electron chi connectivity index (χ4n) is 2.70. The molecule has 1 aromatic carbocycles. The zero-order valence-corrected chi connectivity index (χ0v) is 20.8. The highest BCUT2D eigenvalue weighted by atomic mass is 127. The van der Waals surface area contributed by atoms with E-state index in [1.165, 1.54) is 17.0 Å². The van der Waals surface area contributed by atoms with Crippen molar-refractivity contribution in [1.29, 1.82) is 0 Å². The molecule has 0 radical (unpaired) electrons. The second kappa shape index (κ2) is 13.1. The molecular formula is C20H28F3IN4O2S. The van der Waals surface area contributed by atoms with E-state index in [1.54, 1.807) is 23.5 Å². The number of halogens is 4. The first-order valence-electron chi connectivity index (χ1n) is 9.60. The van der Waals surface area contributed by atoms with Crippen LogP contribution in [0.4, 0.5) is 13.2 Å². The number of nitrogens with one attached hydrogen (secondary N) is 2. The van der Waals surface area contributed by atoms with Gasteiger partial charge in [0, 0.05) is 30.5 Å². The van der Waals surface area contributed by atoms with E-state index in [0.29, 0.717) is 32.0 Å². The number of ether oxygens (including phenoxy) is 1. The van der Waals surface area contributed by atoms with Crippen molar-refractivity contribution < 1.29 is 23.0 Å². The molecule has 0 spiro atoms. The number of aliphatic imine (C=N–C) groups is 1. The number of aryl methyl sites for hydroxylation is 2. The third-order valence-corrected chi connectivity index (χ3v) is 5.34. The van der Waals surface area contributed by atoms with Crippen LogP contribution in [0.2, 0.25) is 0 Å². The Morgan fingerprint density at radius 2 is 1.90 bits per heavy atom. The first kappa shape index (κ1) is 27.4. The molecule has 0 fully saturated rings. The van der Waals surface area contributed by atoms with Gasteiger partial charge in [-0.05, 0) is 44.9 Å². The molecular weight excluding hydrogens is 544 g/mol. The lowest BCUT2D eigenvalue weighted by Gasteiger charge is -2.18. The van der Waals surface area contributed by atoms with Crippen LogP contribution in [0.3, 0.4) is 0 Å². The van der Waals surface area contributed by atoms with Crippen molar-refractivity contribution in [1.82, 2.24) is 15.6 Å². The van der Waals surface area contributed by atoms with E-state index >= 15 is 0 Å². The quantitative estimate of drug-likeness (QED) is 0.239. The van der Waals surface area contributed by atoms with Crippen molar-refractivity contribution in [2.75, 3.05) is 19.7 Å². The first-order chi connectivity index (χ1) is 14.2. The molecule has 11 heteroatoms. The molecule has 1 atom stereocenters. The number of guanidine groups is 1. The van der Waals surface area contributed by atoms with Gasteiger partial charge >= 0.3 is 6.36 Å². The van der Waals surface area contributed by atoms with Crippen LogP contribution in [0.1, 0.15) is 28.1 Å². The average Bonchev–Trinajstić information content (AvgIpc) is 3.00. The van der Waals surface area contributed by atoms with Gasteiger partial charge in [-0.2, -0.15) is 0 Å². The summed E-state index contributed by atoms with van der Waals surface area (Å²) in [5.41, 5.74) is 1.82. The molecule has 2 aromatic rings. The van der Waals surface area contributed by atoms with Crippen molar-refractivity contribution >= 4 is 41.3 Å². The fourth-order valence-corrected chi connectivity index (χ4v) is 3.56. The van der Waals surface area contributed by atoms with Gasteiger partial charge in [0.25, 0.3) is 0 Å². The summed E-state index contributed by atoms with van der Waals surface area (Å²) in [6, 6.07) is 5.68. The normalized spacial score (nSPS) is 12.8. The van der Waals surface area contributed by atoms with Crippen LogP contribution >= 0.6 is 35.3 Å². The van der Waals surface area contributed by atoms with E-state index in [4.69, 9.17) is 0 Å². The highest BCUT2D eigenvalue weighted by Gasteiger charge is 2.30. The number of aromatic nitrogens is 1.